The number of carbonyl (C=O) groups is 2. The Balaban J connectivity index is 2.12. The number of aliphatic carboxylic acids is 1. The van der Waals surface area contributed by atoms with Crippen molar-refractivity contribution in [1.82, 2.24) is 5.32 Å². The van der Waals surface area contributed by atoms with Crippen molar-refractivity contribution in [2.24, 2.45) is 0 Å². The fourth-order valence-corrected chi connectivity index (χ4v) is 1.96. The molecule has 0 heterocycles. The summed E-state index contributed by atoms with van der Waals surface area (Å²) in [7, 11) is 0. The summed E-state index contributed by atoms with van der Waals surface area (Å²) in [6.07, 6.45) is -0.0122. The first-order valence-electron chi connectivity index (χ1n) is 6.57. The predicted octanol–water partition coefficient (Wildman–Crippen LogP) is 1.52. The lowest BCUT2D eigenvalue weighted by atomic mass is 10.0. The summed E-state index contributed by atoms with van der Waals surface area (Å²) in [5.41, 5.74) is 0.846. The Morgan fingerprint density at radius 2 is 1.68 bits per heavy atom. The zero-order valence-electron chi connectivity index (χ0n) is 11.6. The van der Waals surface area contributed by atoms with Crippen molar-refractivity contribution in [3.8, 4) is 11.5 Å². The van der Waals surface area contributed by atoms with Crippen LogP contribution in [0.2, 0.25) is 0 Å². The quantitative estimate of drug-likeness (QED) is 0.626. The molecule has 0 saturated carbocycles. The molecular weight excluding hydrogens is 286 g/mol. The molecule has 0 aliphatic heterocycles. The molecule has 1 atom stereocenters. The van der Waals surface area contributed by atoms with E-state index in [0.717, 1.165) is 0 Å². The van der Waals surface area contributed by atoms with Crippen molar-refractivity contribution in [1.29, 1.82) is 0 Å². The van der Waals surface area contributed by atoms with Crippen LogP contribution in [-0.2, 0) is 11.2 Å². The summed E-state index contributed by atoms with van der Waals surface area (Å²) < 4.78 is 0. The van der Waals surface area contributed by atoms with Gasteiger partial charge in [0.05, 0.1) is 0 Å². The monoisotopic (exact) mass is 301 g/mol. The Morgan fingerprint density at radius 3 is 2.27 bits per heavy atom. The van der Waals surface area contributed by atoms with Crippen molar-refractivity contribution >= 4 is 11.9 Å². The Morgan fingerprint density at radius 1 is 1.00 bits per heavy atom. The van der Waals surface area contributed by atoms with Crippen LogP contribution in [-0.4, -0.2) is 33.2 Å². The minimum Gasteiger partial charge on any atom is -0.504 e. The van der Waals surface area contributed by atoms with E-state index in [1.54, 1.807) is 30.3 Å². The topological polar surface area (TPSA) is 107 Å². The van der Waals surface area contributed by atoms with Gasteiger partial charge in [0.15, 0.2) is 11.5 Å². The van der Waals surface area contributed by atoms with Crippen molar-refractivity contribution < 1.29 is 24.9 Å². The van der Waals surface area contributed by atoms with Gasteiger partial charge in [-0.15, -0.1) is 0 Å². The van der Waals surface area contributed by atoms with E-state index in [0.29, 0.717) is 11.1 Å². The molecule has 0 spiro atoms. The summed E-state index contributed by atoms with van der Waals surface area (Å²) in [6.45, 7) is 0. The number of amides is 1. The molecule has 22 heavy (non-hydrogen) atoms. The number of benzene rings is 2. The van der Waals surface area contributed by atoms with E-state index >= 15 is 0 Å². The first-order valence-corrected chi connectivity index (χ1v) is 6.57. The first kappa shape index (κ1) is 15.4. The van der Waals surface area contributed by atoms with Gasteiger partial charge in [-0.2, -0.15) is 0 Å². The standard InChI is InChI=1S/C16H15NO5/c18-13-7-6-10(9-14(13)19)8-12(16(21)22)17-15(20)11-4-2-1-3-5-11/h1-7,9,12,18-19H,8H2,(H,17,20)(H,21,22)/t12-/m1/s1. The molecule has 2 aromatic rings. The van der Waals surface area contributed by atoms with E-state index < -0.39 is 17.9 Å². The Labute approximate surface area is 126 Å². The van der Waals surface area contributed by atoms with Crippen molar-refractivity contribution in [3.05, 3.63) is 59.7 Å². The summed E-state index contributed by atoms with van der Waals surface area (Å²) in [6, 6.07) is 11.2. The molecule has 2 aromatic carbocycles. The molecule has 0 saturated heterocycles. The summed E-state index contributed by atoms with van der Waals surface area (Å²) >= 11 is 0. The second kappa shape index (κ2) is 6.62. The third kappa shape index (κ3) is 3.76. The summed E-state index contributed by atoms with van der Waals surface area (Å²) in [5, 5.41) is 30.3. The van der Waals surface area contributed by atoms with Crippen LogP contribution in [0.3, 0.4) is 0 Å². The SMILES string of the molecule is O=C(N[C@H](Cc1ccc(O)c(O)c1)C(=O)O)c1ccccc1. The second-order valence-corrected chi connectivity index (χ2v) is 4.76. The number of hydrogen-bond donors (Lipinski definition) is 4. The molecule has 4 N–H and O–H groups in total. The number of phenols is 2. The zero-order valence-corrected chi connectivity index (χ0v) is 11.6. The molecule has 2 rings (SSSR count). The molecule has 0 aromatic heterocycles. The number of nitrogens with one attached hydrogen (secondary N) is 1. The fourth-order valence-electron chi connectivity index (χ4n) is 1.96. The molecule has 0 unspecified atom stereocenters. The smallest absolute Gasteiger partial charge is 0.326 e. The summed E-state index contributed by atoms with van der Waals surface area (Å²) in [4.78, 5) is 23.3. The van der Waals surface area contributed by atoms with Gasteiger partial charge >= 0.3 is 5.97 Å². The normalized spacial score (nSPS) is 11.6. The van der Waals surface area contributed by atoms with Gasteiger partial charge in [-0.3, -0.25) is 4.79 Å². The van der Waals surface area contributed by atoms with Gasteiger partial charge < -0.3 is 20.6 Å². The third-order valence-corrected chi connectivity index (χ3v) is 3.12. The highest BCUT2D eigenvalue weighted by Crippen LogP contribution is 2.25. The van der Waals surface area contributed by atoms with E-state index in [9.17, 15) is 24.9 Å². The number of hydrogen-bond acceptors (Lipinski definition) is 4. The average molecular weight is 301 g/mol. The van der Waals surface area contributed by atoms with Crippen LogP contribution >= 0.6 is 0 Å². The second-order valence-electron chi connectivity index (χ2n) is 4.76. The van der Waals surface area contributed by atoms with Gasteiger partial charge in [-0.05, 0) is 29.8 Å². The fraction of sp³-hybridized carbons (Fsp3) is 0.125. The Kier molecular flexibility index (Phi) is 4.63. The lowest BCUT2D eigenvalue weighted by Crippen LogP contribution is -2.42. The van der Waals surface area contributed by atoms with Gasteiger partial charge in [0.25, 0.3) is 5.91 Å². The van der Waals surface area contributed by atoms with Crippen LogP contribution in [0.15, 0.2) is 48.5 Å². The average Bonchev–Trinajstić information content (AvgIpc) is 2.51. The summed E-state index contributed by atoms with van der Waals surface area (Å²) in [5.74, 6) is -2.30. The van der Waals surface area contributed by atoms with Crippen molar-refractivity contribution in [3.63, 3.8) is 0 Å². The van der Waals surface area contributed by atoms with Gasteiger partial charge in [0, 0.05) is 12.0 Å². The van der Waals surface area contributed by atoms with Gasteiger partial charge in [0.1, 0.15) is 6.04 Å². The Hall–Kier alpha value is -3.02. The highest BCUT2D eigenvalue weighted by molar-refractivity contribution is 5.96. The molecule has 0 bridgehead atoms. The molecule has 0 aliphatic rings. The Bertz CT molecular complexity index is 684. The predicted molar refractivity (Wildman–Crippen MR) is 78.8 cm³/mol. The van der Waals surface area contributed by atoms with Crippen molar-refractivity contribution in [2.75, 3.05) is 0 Å². The molecule has 114 valence electrons. The highest BCUT2D eigenvalue weighted by atomic mass is 16.4. The van der Waals surface area contributed by atoms with Crippen LogP contribution < -0.4 is 5.32 Å². The zero-order chi connectivity index (χ0) is 16.1. The van der Waals surface area contributed by atoms with Gasteiger partial charge in [-0.1, -0.05) is 24.3 Å². The van der Waals surface area contributed by atoms with Crippen molar-refractivity contribution in [2.45, 2.75) is 12.5 Å². The molecule has 6 nitrogen and oxygen atoms in total. The van der Waals surface area contributed by atoms with E-state index in [4.69, 9.17) is 0 Å². The van der Waals surface area contributed by atoms with E-state index in [-0.39, 0.29) is 17.9 Å². The molecule has 0 radical (unpaired) electrons. The largest absolute Gasteiger partial charge is 0.504 e. The number of carboxylic acid groups (broad SMARTS) is 1. The van der Waals surface area contributed by atoms with E-state index in [2.05, 4.69) is 5.32 Å². The van der Waals surface area contributed by atoms with Crippen LogP contribution in [0.5, 0.6) is 11.5 Å². The number of aromatic hydroxyl groups is 2. The minimum absolute atomic E-state index is 0.0122. The molecule has 6 heteroatoms. The van der Waals surface area contributed by atoms with E-state index in [1.807, 2.05) is 0 Å². The molecule has 0 aliphatic carbocycles. The van der Waals surface area contributed by atoms with Crippen LogP contribution in [0.25, 0.3) is 0 Å². The van der Waals surface area contributed by atoms with Crippen LogP contribution in [0.4, 0.5) is 0 Å². The maximum atomic E-state index is 12.0. The maximum absolute atomic E-state index is 12.0. The molecule has 1 amide bonds. The maximum Gasteiger partial charge on any atom is 0.326 e. The first-order chi connectivity index (χ1) is 10.5. The highest BCUT2D eigenvalue weighted by Gasteiger charge is 2.21. The van der Waals surface area contributed by atoms with Crippen LogP contribution in [0, 0.1) is 0 Å². The molecule has 0 fully saturated rings. The minimum atomic E-state index is -1.18. The third-order valence-electron chi connectivity index (χ3n) is 3.12. The van der Waals surface area contributed by atoms with Gasteiger partial charge in [-0.25, -0.2) is 4.79 Å². The number of rotatable bonds is 5. The van der Waals surface area contributed by atoms with Gasteiger partial charge in [0.2, 0.25) is 0 Å². The molecular formula is C16H15NO5. The number of phenolic OH excluding ortho intramolecular Hbond substituents is 2. The number of carbonyl (C=O) groups excluding carboxylic acids is 1. The lowest BCUT2D eigenvalue weighted by Gasteiger charge is -2.15. The lowest BCUT2D eigenvalue weighted by molar-refractivity contribution is -0.139. The van der Waals surface area contributed by atoms with Crippen LogP contribution in [0.1, 0.15) is 15.9 Å². The number of carboxylic acids is 1. The van der Waals surface area contributed by atoms with E-state index in [1.165, 1.54) is 18.2 Å².